The van der Waals surface area contributed by atoms with Crippen LogP contribution in [0.5, 0.6) is 0 Å². The molecule has 7 heteroatoms. The summed E-state index contributed by atoms with van der Waals surface area (Å²) in [6.45, 7) is 5.80. The van der Waals surface area contributed by atoms with Crippen LogP contribution in [0.2, 0.25) is 0 Å². The largest absolute Gasteiger partial charge is 0.455 e. The molecule has 3 heterocycles. The molecule has 0 amide bonds. The third-order valence-corrected chi connectivity index (χ3v) is 5.64. The third-order valence-electron chi connectivity index (χ3n) is 5.64. The third kappa shape index (κ3) is 3.78. The normalized spacial score (nSPS) is 12.1. The summed E-state index contributed by atoms with van der Waals surface area (Å²) >= 11 is 0. The molecule has 2 aromatic carbocycles. The van der Waals surface area contributed by atoms with Crippen molar-refractivity contribution >= 4 is 16.7 Å². The van der Waals surface area contributed by atoms with Crippen molar-refractivity contribution in [3.8, 4) is 22.9 Å². The van der Waals surface area contributed by atoms with Gasteiger partial charge in [-0.3, -0.25) is 4.79 Å². The van der Waals surface area contributed by atoms with Crippen molar-refractivity contribution in [1.82, 2.24) is 15.2 Å². The molecule has 33 heavy (non-hydrogen) atoms. The van der Waals surface area contributed by atoms with Gasteiger partial charge in [0.05, 0.1) is 17.1 Å². The SMILES string of the molecule is Cc1cc([C@@H](C)Nc2cccnc2-c2nnco2)c2oc(-c3ccccc3)c(C)c(=O)c2c1. The number of hydrogen-bond acceptors (Lipinski definition) is 7. The van der Waals surface area contributed by atoms with Gasteiger partial charge in [-0.2, -0.15) is 0 Å². The number of rotatable bonds is 5. The fraction of sp³-hybridized carbons (Fsp3) is 0.154. The molecule has 0 aliphatic heterocycles. The van der Waals surface area contributed by atoms with E-state index in [2.05, 4.69) is 20.5 Å². The van der Waals surface area contributed by atoms with Gasteiger partial charge in [-0.05, 0) is 44.5 Å². The highest BCUT2D eigenvalue weighted by molar-refractivity contribution is 5.85. The maximum Gasteiger partial charge on any atom is 0.268 e. The van der Waals surface area contributed by atoms with Crippen LogP contribution in [-0.2, 0) is 0 Å². The molecule has 0 fully saturated rings. The van der Waals surface area contributed by atoms with Gasteiger partial charge in [0, 0.05) is 22.9 Å². The van der Waals surface area contributed by atoms with Crippen molar-refractivity contribution in [1.29, 1.82) is 0 Å². The molecule has 7 nitrogen and oxygen atoms in total. The van der Waals surface area contributed by atoms with E-state index in [1.54, 1.807) is 6.20 Å². The Morgan fingerprint density at radius 1 is 1.03 bits per heavy atom. The van der Waals surface area contributed by atoms with Crippen LogP contribution in [0, 0.1) is 13.8 Å². The van der Waals surface area contributed by atoms with Gasteiger partial charge in [-0.1, -0.05) is 36.4 Å². The molecule has 0 spiro atoms. The zero-order valence-corrected chi connectivity index (χ0v) is 18.5. The first-order valence-electron chi connectivity index (χ1n) is 10.6. The number of pyridine rings is 1. The minimum absolute atomic E-state index is 0.0276. The van der Waals surface area contributed by atoms with E-state index in [0.717, 1.165) is 22.4 Å². The standard InChI is InChI=1S/C26H22N4O3/c1-15-12-19(17(3)29-21-10-7-11-27-22(21)26-30-28-14-32-26)25-20(13-15)23(31)16(2)24(33-25)18-8-5-4-6-9-18/h4-14,17,29H,1-3H3/t17-/m1/s1. The van der Waals surface area contributed by atoms with Crippen molar-refractivity contribution in [2.45, 2.75) is 26.8 Å². The van der Waals surface area contributed by atoms with Gasteiger partial charge >= 0.3 is 0 Å². The summed E-state index contributed by atoms with van der Waals surface area (Å²) in [5.41, 5.74) is 5.15. The Morgan fingerprint density at radius 3 is 2.61 bits per heavy atom. The Hall–Kier alpha value is -4.26. The van der Waals surface area contributed by atoms with Crippen LogP contribution in [0.1, 0.15) is 29.7 Å². The number of aryl methyl sites for hydroxylation is 1. The quantitative estimate of drug-likeness (QED) is 0.376. The highest BCUT2D eigenvalue weighted by Gasteiger charge is 2.20. The summed E-state index contributed by atoms with van der Waals surface area (Å²) in [6.07, 6.45) is 2.94. The Kier molecular flexibility index (Phi) is 5.22. The van der Waals surface area contributed by atoms with Crippen LogP contribution in [0.25, 0.3) is 33.9 Å². The monoisotopic (exact) mass is 438 g/mol. The summed E-state index contributed by atoms with van der Waals surface area (Å²) in [7, 11) is 0. The second-order valence-corrected chi connectivity index (χ2v) is 7.99. The summed E-state index contributed by atoms with van der Waals surface area (Å²) in [4.78, 5) is 17.7. The van der Waals surface area contributed by atoms with Crippen molar-refractivity contribution in [2.24, 2.45) is 0 Å². The fourth-order valence-corrected chi connectivity index (χ4v) is 4.03. The van der Waals surface area contributed by atoms with E-state index < -0.39 is 0 Å². The smallest absolute Gasteiger partial charge is 0.268 e. The van der Waals surface area contributed by atoms with Crippen LogP contribution in [0.4, 0.5) is 5.69 Å². The number of benzene rings is 2. The lowest BCUT2D eigenvalue weighted by molar-refractivity contribution is 0.566. The van der Waals surface area contributed by atoms with E-state index in [1.165, 1.54) is 6.39 Å². The second kappa shape index (κ2) is 8.35. The molecule has 0 unspecified atom stereocenters. The topological polar surface area (TPSA) is 94.1 Å². The van der Waals surface area contributed by atoms with E-state index in [1.807, 2.05) is 75.4 Å². The summed E-state index contributed by atoms with van der Waals surface area (Å²) in [5.74, 6) is 0.909. The average molecular weight is 438 g/mol. The highest BCUT2D eigenvalue weighted by Crippen LogP contribution is 2.33. The lowest BCUT2D eigenvalue weighted by atomic mass is 9.98. The zero-order valence-electron chi connectivity index (χ0n) is 18.5. The number of anilines is 1. The minimum Gasteiger partial charge on any atom is -0.455 e. The first-order valence-corrected chi connectivity index (χ1v) is 10.6. The van der Waals surface area contributed by atoms with E-state index in [-0.39, 0.29) is 11.5 Å². The molecule has 0 radical (unpaired) electrons. The molecule has 1 N–H and O–H groups in total. The van der Waals surface area contributed by atoms with Gasteiger partial charge in [0.2, 0.25) is 6.39 Å². The zero-order chi connectivity index (χ0) is 22.9. The predicted molar refractivity (Wildman–Crippen MR) is 127 cm³/mol. The Morgan fingerprint density at radius 2 is 1.85 bits per heavy atom. The Bertz CT molecular complexity index is 1490. The van der Waals surface area contributed by atoms with Gasteiger partial charge < -0.3 is 14.2 Å². The van der Waals surface area contributed by atoms with Crippen molar-refractivity contribution in [3.05, 3.63) is 94.1 Å². The Balaban J connectivity index is 1.64. The molecule has 3 aromatic heterocycles. The number of hydrogen-bond donors (Lipinski definition) is 1. The molecule has 1 atom stereocenters. The lowest BCUT2D eigenvalue weighted by Crippen LogP contribution is -2.13. The molecule has 0 bridgehead atoms. The van der Waals surface area contributed by atoms with Gasteiger partial charge in [0.1, 0.15) is 11.3 Å². The van der Waals surface area contributed by atoms with Crippen LogP contribution >= 0.6 is 0 Å². The van der Waals surface area contributed by atoms with Gasteiger partial charge in [-0.25, -0.2) is 4.98 Å². The summed E-state index contributed by atoms with van der Waals surface area (Å²) < 4.78 is 11.8. The van der Waals surface area contributed by atoms with E-state index in [9.17, 15) is 4.79 Å². The van der Waals surface area contributed by atoms with Gasteiger partial charge in [0.15, 0.2) is 11.1 Å². The van der Waals surface area contributed by atoms with Crippen LogP contribution in [0.3, 0.4) is 0 Å². The van der Waals surface area contributed by atoms with Gasteiger partial charge in [-0.15, -0.1) is 10.2 Å². The first kappa shape index (κ1) is 20.6. The first-order chi connectivity index (χ1) is 16.0. The highest BCUT2D eigenvalue weighted by atomic mass is 16.4. The average Bonchev–Trinajstić information content (AvgIpc) is 3.37. The van der Waals surface area contributed by atoms with Crippen molar-refractivity contribution in [3.63, 3.8) is 0 Å². The van der Waals surface area contributed by atoms with Crippen molar-refractivity contribution < 1.29 is 8.83 Å². The molecule has 5 aromatic rings. The lowest BCUT2D eigenvalue weighted by Gasteiger charge is -2.19. The fourth-order valence-electron chi connectivity index (χ4n) is 4.03. The molecular formula is C26H22N4O3. The Labute approximate surface area is 190 Å². The van der Waals surface area contributed by atoms with E-state index in [0.29, 0.717) is 33.9 Å². The number of nitrogens with zero attached hydrogens (tertiary/aromatic N) is 3. The van der Waals surface area contributed by atoms with Crippen LogP contribution in [-0.4, -0.2) is 15.2 Å². The molecule has 0 aliphatic rings. The van der Waals surface area contributed by atoms with E-state index >= 15 is 0 Å². The van der Waals surface area contributed by atoms with Crippen molar-refractivity contribution in [2.75, 3.05) is 5.32 Å². The predicted octanol–water partition coefficient (Wildman–Crippen LogP) is 5.69. The van der Waals surface area contributed by atoms with Crippen LogP contribution in [0.15, 0.2) is 80.8 Å². The maximum atomic E-state index is 13.3. The second-order valence-electron chi connectivity index (χ2n) is 7.99. The summed E-state index contributed by atoms with van der Waals surface area (Å²) in [5, 5.41) is 11.8. The molecule has 164 valence electrons. The van der Waals surface area contributed by atoms with E-state index in [4.69, 9.17) is 8.83 Å². The molecular weight excluding hydrogens is 416 g/mol. The molecule has 0 saturated heterocycles. The summed E-state index contributed by atoms with van der Waals surface area (Å²) in [6, 6.07) is 17.1. The number of fused-ring (bicyclic) bond motifs is 1. The molecule has 5 rings (SSSR count). The number of aromatic nitrogens is 3. The number of nitrogens with one attached hydrogen (secondary N) is 1. The molecule has 0 saturated carbocycles. The minimum atomic E-state index is -0.201. The van der Waals surface area contributed by atoms with Crippen LogP contribution < -0.4 is 10.7 Å². The molecule has 0 aliphatic carbocycles. The van der Waals surface area contributed by atoms with Gasteiger partial charge in [0.25, 0.3) is 5.89 Å². The maximum absolute atomic E-state index is 13.3.